The molecule has 0 spiro atoms. The molecule has 0 heterocycles. The van der Waals surface area contributed by atoms with Crippen LogP contribution < -0.4 is 5.48 Å². The molecule has 0 aromatic rings. The van der Waals surface area contributed by atoms with Crippen LogP contribution in [0.15, 0.2) is 24.8 Å². The molecule has 0 aromatic heterocycles. The number of rotatable bonds is 9. The zero-order valence-electron chi connectivity index (χ0n) is 9.46. The van der Waals surface area contributed by atoms with E-state index in [0.717, 1.165) is 12.8 Å². The summed E-state index contributed by atoms with van der Waals surface area (Å²) in [7, 11) is 1.64. The molecule has 2 nitrogen and oxygen atoms in total. The molecule has 1 unspecified atom stereocenters. The van der Waals surface area contributed by atoms with Gasteiger partial charge >= 0.3 is 0 Å². The molecule has 0 rings (SSSR count). The average molecular weight is 197 g/mol. The first-order valence-corrected chi connectivity index (χ1v) is 5.41. The maximum atomic E-state index is 4.89. The maximum absolute atomic E-state index is 4.89. The standard InChI is InChI=1S/C12H23NO/c1-4-6-7-8-9-11-12(10-5-2)13-14-3/h5,9,11-13H,2,4,6-8,10H2,1,3H3/b11-9+. The van der Waals surface area contributed by atoms with Crippen LogP contribution in [0.1, 0.15) is 39.0 Å². The average Bonchev–Trinajstić information content (AvgIpc) is 2.18. The van der Waals surface area contributed by atoms with Gasteiger partial charge in [-0.3, -0.25) is 0 Å². The summed E-state index contributed by atoms with van der Waals surface area (Å²) >= 11 is 0. The second-order valence-electron chi connectivity index (χ2n) is 3.38. The van der Waals surface area contributed by atoms with Crippen molar-refractivity contribution >= 4 is 0 Å². The summed E-state index contributed by atoms with van der Waals surface area (Å²) in [5, 5.41) is 0. The van der Waals surface area contributed by atoms with Gasteiger partial charge < -0.3 is 4.84 Å². The molecule has 0 fully saturated rings. The van der Waals surface area contributed by atoms with E-state index in [-0.39, 0.29) is 6.04 Å². The van der Waals surface area contributed by atoms with Crippen LogP contribution >= 0.6 is 0 Å². The molecule has 0 aromatic carbocycles. The molecule has 1 atom stereocenters. The van der Waals surface area contributed by atoms with Gasteiger partial charge in [0.15, 0.2) is 0 Å². The second kappa shape index (κ2) is 10.5. The molecular weight excluding hydrogens is 174 g/mol. The van der Waals surface area contributed by atoms with E-state index in [9.17, 15) is 0 Å². The van der Waals surface area contributed by atoms with Gasteiger partial charge in [-0.05, 0) is 19.3 Å². The Morgan fingerprint density at radius 2 is 2.21 bits per heavy atom. The van der Waals surface area contributed by atoms with Crippen LogP contribution in [0.4, 0.5) is 0 Å². The topological polar surface area (TPSA) is 21.3 Å². The lowest BCUT2D eigenvalue weighted by Gasteiger charge is -2.09. The molecule has 0 aliphatic heterocycles. The van der Waals surface area contributed by atoms with Gasteiger partial charge in [0.25, 0.3) is 0 Å². The molecule has 14 heavy (non-hydrogen) atoms. The van der Waals surface area contributed by atoms with Crippen molar-refractivity contribution in [2.45, 2.75) is 45.1 Å². The van der Waals surface area contributed by atoms with Crippen molar-refractivity contribution < 1.29 is 4.84 Å². The Morgan fingerprint density at radius 3 is 2.79 bits per heavy atom. The molecule has 0 amide bonds. The Morgan fingerprint density at radius 1 is 1.43 bits per heavy atom. The molecule has 0 bridgehead atoms. The molecule has 0 aliphatic carbocycles. The summed E-state index contributed by atoms with van der Waals surface area (Å²) in [6, 6.07) is 0.263. The third-order valence-electron chi connectivity index (χ3n) is 2.03. The van der Waals surface area contributed by atoms with Crippen molar-refractivity contribution in [2.75, 3.05) is 7.11 Å². The van der Waals surface area contributed by atoms with Gasteiger partial charge in [-0.2, -0.15) is 5.48 Å². The number of hydrogen-bond donors (Lipinski definition) is 1. The van der Waals surface area contributed by atoms with E-state index in [1.54, 1.807) is 7.11 Å². The smallest absolute Gasteiger partial charge is 0.0572 e. The van der Waals surface area contributed by atoms with Gasteiger partial charge in [-0.15, -0.1) is 6.58 Å². The minimum absolute atomic E-state index is 0.263. The quantitative estimate of drug-likeness (QED) is 0.348. The first kappa shape index (κ1) is 13.4. The van der Waals surface area contributed by atoms with E-state index >= 15 is 0 Å². The Labute approximate surface area is 88.0 Å². The van der Waals surface area contributed by atoms with E-state index in [1.807, 2.05) is 6.08 Å². The van der Waals surface area contributed by atoms with Gasteiger partial charge in [-0.25, -0.2) is 0 Å². The molecule has 0 aliphatic rings. The molecule has 0 saturated carbocycles. The van der Waals surface area contributed by atoms with Crippen LogP contribution in [0.25, 0.3) is 0 Å². The first-order chi connectivity index (χ1) is 6.85. The fourth-order valence-electron chi connectivity index (χ4n) is 1.27. The molecule has 0 saturated heterocycles. The van der Waals surface area contributed by atoms with Crippen molar-refractivity contribution in [3.63, 3.8) is 0 Å². The Bertz CT molecular complexity index is 154. The van der Waals surface area contributed by atoms with E-state index in [1.165, 1.54) is 19.3 Å². The molecule has 2 heteroatoms. The Hall–Kier alpha value is -0.600. The summed E-state index contributed by atoms with van der Waals surface area (Å²) in [6.07, 6.45) is 12.2. The van der Waals surface area contributed by atoms with Crippen molar-refractivity contribution in [2.24, 2.45) is 0 Å². The van der Waals surface area contributed by atoms with Crippen molar-refractivity contribution in [3.05, 3.63) is 24.8 Å². The third-order valence-corrected chi connectivity index (χ3v) is 2.03. The van der Waals surface area contributed by atoms with Gasteiger partial charge in [0.1, 0.15) is 0 Å². The highest BCUT2D eigenvalue weighted by Crippen LogP contribution is 2.02. The molecule has 0 radical (unpaired) electrons. The van der Waals surface area contributed by atoms with Crippen LogP contribution in [0, 0.1) is 0 Å². The van der Waals surface area contributed by atoms with Crippen LogP contribution in [-0.4, -0.2) is 13.2 Å². The largest absolute Gasteiger partial charge is 0.305 e. The van der Waals surface area contributed by atoms with Gasteiger partial charge in [0, 0.05) is 0 Å². The Kier molecular flexibility index (Phi) is 10.0. The van der Waals surface area contributed by atoms with Crippen molar-refractivity contribution in [1.29, 1.82) is 0 Å². The zero-order valence-corrected chi connectivity index (χ0v) is 9.46. The molecule has 1 N–H and O–H groups in total. The van der Waals surface area contributed by atoms with Crippen LogP contribution in [0.5, 0.6) is 0 Å². The third kappa shape index (κ3) is 8.02. The molecular formula is C12H23NO. The van der Waals surface area contributed by atoms with Crippen LogP contribution in [-0.2, 0) is 4.84 Å². The zero-order chi connectivity index (χ0) is 10.6. The fraction of sp³-hybridized carbons (Fsp3) is 0.667. The van der Waals surface area contributed by atoms with Gasteiger partial charge in [-0.1, -0.05) is 38.0 Å². The van der Waals surface area contributed by atoms with Crippen LogP contribution in [0.2, 0.25) is 0 Å². The number of hydrogen-bond acceptors (Lipinski definition) is 2. The highest BCUT2D eigenvalue weighted by Gasteiger charge is 1.98. The summed E-state index contributed by atoms with van der Waals surface area (Å²) in [5.74, 6) is 0. The molecule has 82 valence electrons. The first-order valence-electron chi connectivity index (χ1n) is 5.41. The predicted octanol–water partition coefficient (Wildman–Crippen LogP) is 3.22. The summed E-state index contributed by atoms with van der Waals surface area (Å²) in [6.45, 7) is 5.93. The maximum Gasteiger partial charge on any atom is 0.0572 e. The SMILES string of the molecule is C=CCC(/C=C/CCCCC)NOC. The number of hydroxylamine groups is 1. The normalized spacial score (nSPS) is 13.3. The van der Waals surface area contributed by atoms with Gasteiger partial charge in [0.2, 0.25) is 0 Å². The summed E-state index contributed by atoms with van der Waals surface area (Å²) in [4.78, 5) is 4.89. The van der Waals surface area contributed by atoms with Crippen molar-refractivity contribution in [1.82, 2.24) is 5.48 Å². The lowest BCUT2D eigenvalue weighted by molar-refractivity contribution is 0.0744. The van der Waals surface area contributed by atoms with E-state index in [4.69, 9.17) is 4.84 Å². The fourth-order valence-corrected chi connectivity index (χ4v) is 1.27. The minimum Gasteiger partial charge on any atom is -0.305 e. The second-order valence-corrected chi connectivity index (χ2v) is 3.38. The minimum atomic E-state index is 0.263. The number of nitrogens with one attached hydrogen (secondary N) is 1. The monoisotopic (exact) mass is 197 g/mol. The Balaban J connectivity index is 3.60. The number of allylic oxidation sites excluding steroid dienone is 1. The van der Waals surface area contributed by atoms with Crippen molar-refractivity contribution in [3.8, 4) is 0 Å². The summed E-state index contributed by atoms with van der Waals surface area (Å²) < 4.78 is 0. The number of unbranched alkanes of at least 4 members (excludes halogenated alkanes) is 3. The van der Waals surface area contributed by atoms with Gasteiger partial charge in [0.05, 0.1) is 13.2 Å². The lowest BCUT2D eigenvalue weighted by atomic mass is 10.1. The summed E-state index contributed by atoms with van der Waals surface area (Å²) in [5.41, 5.74) is 2.92. The van der Waals surface area contributed by atoms with Crippen LogP contribution in [0.3, 0.4) is 0 Å². The van der Waals surface area contributed by atoms with E-state index in [2.05, 4.69) is 31.1 Å². The lowest BCUT2D eigenvalue weighted by Crippen LogP contribution is -2.25. The predicted molar refractivity (Wildman–Crippen MR) is 62.0 cm³/mol. The highest BCUT2D eigenvalue weighted by molar-refractivity contribution is 4.95. The van der Waals surface area contributed by atoms with E-state index in [0.29, 0.717) is 0 Å². The highest BCUT2D eigenvalue weighted by atomic mass is 16.6. The van der Waals surface area contributed by atoms with E-state index < -0.39 is 0 Å².